The number of nitrogens with two attached hydrogens (primary N) is 1. The molecule has 1 aromatic carbocycles. The SMILES string of the molecule is Cc1ccc(C(CN=C(N)Nc2ccccc2OC(F)(F)F)N2CCOCC2)o1.I. The van der Waals surface area contributed by atoms with Crippen LogP contribution in [0.5, 0.6) is 5.75 Å². The first-order valence-electron chi connectivity index (χ1n) is 9.11. The van der Waals surface area contributed by atoms with Gasteiger partial charge in [-0.1, -0.05) is 12.1 Å². The van der Waals surface area contributed by atoms with Gasteiger partial charge in [-0.2, -0.15) is 0 Å². The molecule has 0 bridgehead atoms. The molecule has 2 heterocycles. The monoisotopic (exact) mass is 540 g/mol. The smallest absolute Gasteiger partial charge is 0.465 e. The van der Waals surface area contributed by atoms with Crippen molar-refractivity contribution in [2.75, 3.05) is 38.2 Å². The van der Waals surface area contributed by atoms with Gasteiger partial charge in [0.15, 0.2) is 11.7 Å². The third-order valence-corrected chi connectivity index (χ3v) is 4.39. The summed E-state index contributed by atoms with van der Waals surface area (Å²) in [6.07, 6.45) is -4.80. The minimum Gasteiger partial charge on any atom is -0.465 e. The molecule has 1 aliphatic heterocycles. The summed E-state index contributed by atoms with van der Waals surface area (Å²) in [6, 6.07) is 9.24. The number of nitrogens with one attached hydrogen (secondary N) is 1. The Hall–Kier alpha value is -1.99. The standard InChI is InChI=1S/C19H23F3N4O3.HI/c1-13-6-7-17(28-13)15(26-8-10-27-11-9-26)12-24-18(23)25-14-4-2-3-5-16(14)29-19(20,21)22;/h2-7,15H,8-12H2,1H3,(H3,23,24,25);1H. The van der Waals surface area contributed by atoms with Crippen molar-refractivity contribution in [1.29, 1.82) is 0 Å². The van der Waals surface area contributed by atoms with Crippen LogP contribution in [-0.4, -0.2) is 50.1 Å². The topological polar surface area (TPSA) is 85.2 Å². The average molecular weight is 540 g/mol. The van der Waals surface area contributed by atoms with Crippen LogP contribution in [0.4, 0.5) is 18.9 Å². The van der Waals surface area contributed by atoms with E-state index in [1.807, 2.05) is 19.1 Å². The fraction of sp³-hybridized carbons (Fsp3) is 0.421. The fourth-order valence-electron chi connectivity index (χ4n) is 3.05. The molecule has 30 heavy (non-hydrogen) atoms. The first kappa shape index (κ1) is 24.3. The molecule has 1 unspecified atom stereocenters. The van der Waals surface area contributed by atoms with E-state index in [-0.39, 0.29) is 54.0 Å². The first-order chi connectivity index (χ1) is 13.8. The van der Waals surface area contributed by atoms with E-state index in [2.05, 4.69) is 19.9 Å². The van der Waals surface area contributed by atoms with E-state index >= 15 is 0 Å². The van der Waals surface area contributed by atoms with Crippen LogP contribution < -0.4 is 15.8 Å². The predicted molar refractivity (Wildman–Crippen MR) is 117 cm³/mol. The summed E-state index contributed by atoms with van der Waals surface area (Å²) in [6.45, 7) is 4.78. The quantitative estimate of drug-likeness (QED) is 0.329. The summed E-state index contributed by atoms with van der Waals surface area (Å²) in [7, 11) is 0. The summed E-state index contributed by atoms with van der Waals surface area (Å²) in [5.41, 5.74) is 6.00. The van der Waals surface area contributed by atoms with E-state index in [1.165, 1.54) is 18.2 Å². The van der Waals surface area contributed by atoms with Crippen LogP contribution in [-0.2, 0) is 4.74 Å². The Balaban J connectivity index is 0.00000320. The number of rotatable bonds is 6. The van der Waals surface area contributed by atoms with Crippen LogP contribution in [0.25, 0.3) is 0 Å². The molecule has 0 radical (unpaired) electrons. The maximum atomic E-state index is 12.6. The van der Waals surface area contributed by atoms with Crippen molar-refractivity contribution in [2.45, 2.75) is 19.3 Å². The van der Waals surface area contributed by atoms with Gasteiger partial charge in [-0.05, 0) is 31.2 Å². The zero-order valence-electron chi connectivity index (χ0n) is 16.3. The second-order valence-corrected chi connectivity index (χ2v) is 6.51. The molecule has 0 aliphatic carbocycles. The Kier molecular flexibility index (Phi) is 8.79. The highest BCUT2D eigenvalue weighted by Gasteiger charge is 2.32. The number of aliphatic imine (C=N–C) groups is 1. The summed E-state index contributed by atoms with van der Waals surface area (Å²) in [4.78, 5) is 6.50. The van der Waals surface area contributed by atoms with Crippen LogP contribution in [0.15, 0.2) is 45.8 Å². The van der Waals surface area contributed by atoms with Gasteiger partial charge in [0.05, 0.1) is 31.5 Å². The van der Waals surface area contributed by atoms with Crippen molar-refractivity contribution in [2.24, 2.45) is 10.7 Å². The number of morpholine rings is 1. The lowest BCUT2D eigenvalue weighted by Gasteiger charge is -2.32. The van der Waals surface area contributed by atoms with Gasteiger partial charge in [0.2, 0.25) is 0 Å². The lowest BCUT2D eigenvalue weighted by molar-refractivity contribution is -0.274. The van der Waals surface area contributed by atoms with Crippen molar-refractivity contribution in [3.8, 4) is 5.75 Å². The normalized spacial score (nSPS) is 16.6. The molecule has 3 N–H and O–H groups in total. The van der Waals surface area contributed by atoms with E-state index in [0.717, 1.165) is 24.6 Å². The van der Waals surface area contributed by atoms with Gasteiger partial charge in [0, 0.05) is 13.1 Å². The zero-order valence-corrected chi connectivity index (χ0v) is 18.6. The minimum absolute atomic E-state index is 0. The molecule has 0 saturated carbocycles. The number of anilines is 1. The Morgan fingerprint density at radius 1 is 1.23 bits per heavy atom. The molecule has 0 amide bonds. The number of halogens is 4. The first-order valence-corrected chi connectivity index (χ1v) is 9.11. The number of furan rings is 1. The molecule has 1 aliphatic rings. The number of hydrogen-bond donors (Lipinski definition) is 2. The highest BCUT2D eigenvalue weighted by Crippen LogP contribution is 2.30. The van der Waals surface area contributed by atoms with Crippen molar-refractivity contribution in [3.05, 3.63) is 47.9 Å². The Bertz CT molecular complexity index is 838. The van der Waals surface area contributed by atoms with Crippen molar-refractivity contribution < 1.29 is 27.1 Å². The lowest BCUT2D eigenvalue weighted by Crippen LogP contribution is -2.40. The summed E-state index contributed by atoms with van der Waals surface area (Å²) >= 11 is 0. The van der Waals surface area contributed by atoms with E-state index in [9.17, 15) is 13.2 Å². The van der Waals surface area contributed by atoms with E-state index in [4.69, 9.17) is 14.9 Å². The second-order valence-electron chi connectivity index (χ2n) is 6.51. The van der Waals surface area contributed by atoms with Gasteiger partial charge >= 0.3 is 6.36 Å². The van der Waals surface area contributed by atoms with Gasteiger partial charge in [0.1, 0.15) is 11.5 Å². The van der Waals surface area contributed by atoms with Crippen molar-refractivity contribution in [3.63, 3.8) is 0 Å². The Morgan fingerprint density at radius 2 is 1.93 bits per heavy atom. The average Bonchev–Trinajstić information content (AvgIpc) is 3.09. The van der Waals surface area contributed by atoms with Crippen LogP contribution in [0.1, 0.15) is 17.6 Å². The minimum atomic E-state index is -4.80. The highest BCUT2D eigenvalue weighted by atomic mass is 127. The summed E-state index contributed by atoms with van der Waals surface area (Å²) in [5, 5.41) is 2.68. The molecule has 1 aromatic heterocycles. The number of aryl methyl sites for hydroxylation is 1. The molecular formula is C19H24F3IN4O3. The predicted octanol–water partition coefficient (Wildman–Crippen LogP) is 3.90. The van der Waals surface area contributed by atoms with Gasteiger partial charge in [-0.25, -0.2) is 0 Å². The zero-order chi connectivity index (χ0) is 20.9. The summed E-state index contributed by atoms with van der Waals surface area (Å²) in [5.74, 6) is 1.13. The number of guanidine groups is 1. The van der Waals surface area contributed by atoms with Crippen LogP contribution >= 0.6 is 24.0 Å². The van der Waals surface area contributed by atoms with Crippen molar-refractivity contribution >= 4 is 35.6 Å². The highest BCUT2D eigenvalue weighted by molar-refractivity contribution is 14.0. The third kappa shape index (κ3) is 7.06. The van der Waals surface area contributed by atoms with E-state index in [0.29, 0.717) is 13.2 Å². The molecule has 0 spiro atoms. The molecule has 11 heteroatoms. The van der Waals surface area contributed by atoms with Crippen LogP contribution in [0.3, 0.4) is 0 Å². The van der Waals surface area contributed by atoms with Gasteiger partial charge in [0.25, 0.3) is 0 Å². The van der Waals surface area contributed by atoms with Gasteiger partial charge < -0.3 is 24.9 Å². The number of ether oxygens (including phenoxy) is 2. The third-order valence-electron chi connectivity index (χ3n) is 4.39. The van der Waals surface area contributed by atoms with Crippen LogP contribution in [0, 0.1) is 6.92 Å². The maximum Gasteiger partial charge on any atom is 0.573 e. The number of benzene rings is 1. The summed E-state index contributed by atoms with van der Waals surface area (Å²) < 4.78 is 52.9. The van der Waals surface area contributed by atoms with Gasteiger partial charge in [-0.15, -0.1) is 37.1 Å². The molecule has 7 nitrogen and oxygen atoms in total. The molecular weight excluding hydrogens is 516 g/mol. The number of alkyl halides is 3. The number of nitrogens with zero attached hydrogens (tertiary/aromatic N) is 2. The molecule has 1 fully saturated rings. The second kappa shape index (κ2) is 10.9. The van der Waals surface area contributed by atoms with Gasteiger partial charge in [-0.3, -0.25) is 9.89 Å². The number of hydrogen-bond acceptors (Lipinski definition) is 5. The molecule has 166 valence electrons. The molecule has 3 rings (SSSR count). The molecule has 2 aromatic rings. The maximum absolute atomic E-state index is 12.6. The molecule has 1 saturated heterocycles. The number of para-hydroxylation sites is 2. The largest absolute Gasteiger partial charge is 0.573 e. The van der Waals surface area contributed by atoms with Crippen molar-refractivity contribution in [1.82, 2.24) is 4.90 Å². The lowest BCUT2D eigenvalue weighted by atomic mass is 10.1. The van der Waals surface area contributed by atoms with E-state index < -0.39 is 6.36 Å². The fourth-order valence-corrected chi connectivity index (χ4v) is 3.05. The molecule has 1 atom stereocenters. The van der Waals surface area contributed by atoms with Crippen LogP contribution in [0.2, 0.25) is 0 Å². The Morgan fingerprint density at radius 3 is 2.57 bits per heavy atom. The Labute approximate surface area is 189 Å². The van der Waals surface area contributed by atoms with E-state index in [1.54, 1.807) is 6.07 Å².